The molecule has 0 spiro atoms. The van der Waals surface area contributed by atoms with Gasteiger partial charge in [0.05, 0.1) is 18.3 Å². The minimum absolute atomic E-state index is 0.447. The normalized spacial score (nSPS) is 14.7. The van der Waals surface area contributed by atoms with Gasteiger partial charge in [-0.05, 0) is 24.6 Å². The Bertz CT molecular complexity index is 862. The monoisotopic (exact) mass is 404 g/mol. The maximum atomic E-state index is 6.09. The Hall–Kier alpha value is -1.96. The number of aromatic nitrogens is 3. The summed E-state index contributed by atoms with van der Waals surface area (Å²) in [5.74, 6) is 1.55. The number of halogens is 1. The quantitative estimate of drug-likeness (QED) is 0.660. The molecule has 1 N–H and O–H groups in total. The van der Waals surface area contributed by atoms with Gasteiger partial charge in [0.2, 0.25) is 5.95 Å². The third kappa shape index (κ3) is 4.86. The zero-order chi connectivity index (χ0) is 19.2. The minimum atomic E-state index is 0.447. The number of nitrogens with one attached hydrogen (secondary N) is 1. The van der Waals surface area contributed by atoms with Crippen molar-refractivity contribution in [2.75, 3.05) is 43.4 Å². The number of fused-ring (bicyclic) bond motifs is 1. The molecule has 0 atom stereocenters. The van der Waals surface area contributed by atoms with Crippen molar-refractivity contribution in [2.45, 2.75) is 20.4 Å². The van der Waals surface area contributed by atoms with Crippen LogP contribution in [0.5, 0.6) is 0 Å². The van der Waals surface area contributed by atoms with E-state index in [1.165, 1.54) is 4.88 Å². The lowest BCUT2D eigenvalue weighted by Crippen LogP contribution is -2.45. The molecule has 1 aliphatic rings. The average molecular weight is 405 g/mol. The molecular weight excluding hydrogens is 380 g/mol. The van der Waals surface area contributed by atoms with E-state index < -0.39 is 0 Å². The summed E-state index contributed by atoms with van der Waals surface area (Å²) in [6, 6.07) is 5.98. The lowest BCUT2D eigenvalue weighted by atomic mass is 10.2. The van der Waals surface area contributed by atoms with Gasteiger partial charge in [0.1, 0.15) is 11.0 Å². The van der Waals surface area contributed by atoms with Crippen LogP contribution < -0.4 is 10.2 Å². The Morgan fingerprint density at radius 2 is 1.96 bits per heavy atom. The first kappa shape index (κ1) is 19.8. The number of anilines is 2. The summed E-state index contributed by atoms with van der Waals surface area (Å²) in [6.07, 6.45) is 1.72. The van der Waals surface area contributed by atoms with Gasteiger partial charge in [0, 0.05) is 36.4 Å². The van der Waals surface area contributed by atoms with E-state index in [0.29, 0.717) is 5.15 Å². The van der Waals surface area contributed by atoms with Crippen LogP contribution in [-0.2, 0) is 6.54 Å². The van der Waals surface area contributed by atoms with E-state index in [4.69, 9.17) is 21.6 Å². The zero-order valence-corrected chi connectivity index (χ0v) is 17.5. The highest BCUT2D eigenvalue weighted by molar-refractivity contribution is 7.09. The fraction of sp³-hybridized carbons (Fsp3) is 0.421. The lowest BCUT2D eigenvalue weighted by molar-refractivity contribution is 0.311. The second-order valence-electron chi connectivity index (χ2n) is 6.12. The molecule has 0 amide bonds. The van der Waals surface area contributed by atoms with E-state index in [9.17, 15) is 0 Å². The molecule has 0 unspecified atom stereocenters. The van der Waals surface area contributed by atoms with E-state index in [-0.39, 0.29) is 0 Å². The van der Waals surface area contributed by atoms with Crippen LogP contribution in [0.25, 0.3) is 10.9 Å². The van der Waals surface area contributed by atoms with Crippen molar-refractivity contribution in [3.8, 4) is 0 Å². The van der Waals surface area contributed by atoms with Crippen molar-refractivity contribution in [2.24, 2.45) is 0 Å². The van der Waals surface area contributed by atoms with Gasteiger partial charge in [-0.25, -0.2) is 9.97 Å². The average Bonchev–Trinajstić information content (AvgIpc) is 3.22. The van der Waals surface area contributed by atoms with E-state index >= 15 is 0 Å². The Labute approximate surface area is 169 Å². The molecule has 0 radical (unpaired) electrons. The summed E-state index contributed by atoms with van der Waals surface area (Å²) in [5.41, 5.74) is 0.807. The first-order chi connectivity index (χ1) is 13.2. The third-order valence-electron chi connectivity index (χ3n) is 4.33. The first-order valence-corrected chi connectivity index (χ1v) is 10.5. The van der Waals surface area contributed by atoms with E-state index in [0.717, 1.165) is 55.4 Å². The van der Waals surface area contributed by atoms with Crippen LogP contribution in [0.4, 0.5) is 11.8 Å². The second-order valence-corrected chi connectivity index (χ2v) is 7.54. The summed E-state index contributed by atoms with van der Waals surface area (Å²) >= 11 is 7.81. The van der Waals surface area contributed by atoms with Crippen molar-refractivity contribution in [3.05, 3.63) is 39.8 Å². The number of likely N-dealkylation sites (N-methyl/N-ethyl adjacent to an activating group) is 1. The topological polar surface area (TPSA) is 57.2 Å². The fourth-order valence-electron chi connectivity index (χ4n) is 2.86. The van der Waals surface area contributed by atoms with Gasteiger partial charge in [-0.3, -0.25) is 0 Å². The molecule has 6 nitrogen and oxygen atoms in total. The summed E-state index contributed by atoms with van der Waals surface area (Å²) in [4.78, 5) is 19.5. The van der Waals surface area contributed by atoms with Crippen LogP contribution in [0.3, 0.4) is 0 Å². The molecule has 0 aromatic carbocycles. The zero-order valence-electron chi connectivity index (χ0n) is 15.9. The number of hydrogen-bond acceptors (Lipinski definition) is 7. The van der Waals surface area contributed by atoms with Crippen LogP contribution in [0.15, 0.2) is 29.8 Å². The SMILES string of the molecule is CC.CN1CCN(c2nc(NCc3cccs3)c3cc(Cl)ncc3n2)CC1. The van der Waals surface area contributed by atoms with Gasteiger partial charge in [0.15, 0.2) is 0 Å². The van der Waals surface area contributed by atoms with Crippen LogP contribution in [0.1, 0.15) is 18.7 Å². The predicted octanol–water partition coefficient (Wildman–Crippen LogP) is 4.13. The van der Waals surface area contributed by atoms with E-state index in [1.807, 2.05) is 19.9 Å². The maximum Gasteiger partial charge on any atom is 0.228 e. The molecule has 3 aromatic heterocycles. The number of nitrogens with zero attached hydrogens (tertiary/aromatic N) is 5. The van der Waals surface area contributed by atoms with Crippen molar-refractivity contribution < 1.29 is 0 Å². The van der Waals surface area contributed by atoms with E-state index in [1.54, 1.807) is 17.5 Å². The summed E-state index contributed by atoms with van der Waals surface area (Å²) < 4.78 is 0. The molecule has 4 heterocycles. The molecule has 3 aromatic rings. The Morgan fingerprint density at radius 3 is 2.67 bits per heavy atom. The molecule has 8 heteroatoms. The molecule has 1 saturated heterocycles. The number of pyridine rings is 1. The van der Waals surface area contributed by atoms with Gasteiger partial charge in [-0.15, -0.1) is 11.3 Å². The van der Waals surface area contributed by atoms with Crippen molar-refractivity contribution >= 4 is 45.6 Å². The van der Waals surface area contributed by atoms with Crippen LogP contribution in [0.2, 0.25) is 5.15 Å². The summed E-state index contributed by atoms with van der Waals surface area (Å²) in [6.45, 7) is 8.60. The molecule has 4 rings (SSSR count). The van der Waals surface area contributed by atoms with Crippen molar-refractivity contribution in [1.82, 2.24) is 19.9 Å². The largest absolute Gasteiger partial charge is 0.364 e. The van der Waals surface area contributed by atoms with Crippen molar-refractivity contribution in [3.63, 3.8) is 0 Å². The number of rotatable bonds is 4. The highest BCUT2D eigenvalue weighted by Gasteiger charge is 2.18. The molecule has 1 aliphatic heterocycles. The Kier molecular flexibility index (Phi) is 6.82. The molecule has 1 fully saturated rings. The lowest BCUT2D eigenvalue weighted by Gasteiger charge is -2.32. The van der Waals surface area contributed by atoms with Gasteiger partial charge in [-0.1, -0.05) is 31.5 Å². The highest BCUT2D eigenvalue weighted by atomic mass is 35.5. The third-order valence-corrected chi connectivity index (χ3v) is 5.42. The van der Waals surface area contributed by atoms with Crippen molar-refractivity contribution in [1.29, 1.82) is 0 Å². The van der Waals surface area contributed by atoms with Gasteiger partial charge in [0.25, 0.3) is 0 Å². The molecule has 27 heavy (non-hydrogen) atoms. The van der Waals surface area contributed by atoms with Crippen LogP contribution >= 0.6 is 22.9 Å². The molecular formula is C19H25ClN6S. The predicted molar refractivity (Wildman–Crippen MR) is 115 cm³/mol. The smallest absolute Gasteiger partial charge is 0.228 e. The highest BCUT2D eigenvalue weighted by Crippen LogP contribution is 2.26. The second kappa shape index (κ2) is 9.30. The van der Waals surface area contributed by atoms with Gasteiger partial charge < -0.3 is 15.1 Å². The number of hydrogen-bond donors (Lipinski definition) is 1. The van der Waals surface area contributed by atoms with E-state index in [2.05, 4.69) is 44.7 Å². The maximum absolute atomic E-state index is 6.09. The summed E-state index contributed by atoms with van der Waals surface area (Å²) in [7, 11) is 2.14. The number of piperazine rings is 1. The molecule has 0 saturated carbocycles. The summed E-state index contributed by atoms with van der Waals surface area (Å²) in [5, 5.41) is 6.86. The first-order valence-electron chi connectivity index (χ1n) is 9.22. The number of thiophene rings is 1. The molecule has 0 aliphatic carbocycles. The van der Waals surface area contributed by atoms with Crippen LogP contribution in [-0.4, -0.2) is 53.1 Å². The molecule has 0 bridgehead atoms. The van der Waals surface area contributed by atoms with Gasteiger partial charge >= 0.3 is 0 Å². The minimum Gasteiger partial charge on any atom is -0.364 e. The Morgan fingerprint density at radius 1 is 1.19 bits per heavy atom. The van der Waals surface area contributed by atoms with Gasteiger partial charge in [-0.2, -0.15) is 4.98 Å². The standard InChI is InChI=1S/C17H19ClN6S.C2H6/c1-23-4-6-24(7-5-23)17-21-14-11-19-15(18)9-13(14)16(22-17)20-10-12-3-2-8-25-12;1-2/h2-3,8-9,11H,4-7,10H2,1H3,(H,20,21,22);1-2H3. The fourth-order valence-corrected chi connectivity index (χ4v) is 3.66. The Balaban J connectivity index is 0.00000102. The molecule has 144 valence electrons. The van der Waals surface area contributed by atoms with Crippen LogP contribution in [0, 0.1) is 0 Å².